The van der Waals surface area contributed by atoms with Crippen molar-refractivity contribution in [2.45, 2.75) is 32.8 Å². The first kappa shape index (κ1) is 17.9. The van der Waals surface area contributed by atoms with Crippen LogP contribution in [0.4, 0.5) is 0 Å². The van der Waals surface area contributed by atoms with Crippen molar-refractivity contribution in [3.05, 3.63) is 29.8 Å². The number of rotatable bonds is 10. The molecule has 3 N–H and O–H groups in total. The van der Waals surface area contributed by atoms with Crippen molar-refractivity contribution >= 4 is 17.2 Å². The first-order valence-electron chi connectivity index (χ1n) is 7.49. The maximum Gasteiger partial charge on any atom is 0.119 e. The Bertz CT molecular complexity index is 417. The van der Waals surface area contributed by atoms with Crippen molar-refractivity contribution in [2.75, 3.05) is 26.2 Å². The molecule has 0 aliphatic heterocycles. The van der Waals surface area contributed by atoms with E-state index in [4.69, 9.17) is 22.7 Å². The van der Waals surface area contributed by atoms with Gasteiger partial charge < -0.3 is 20.5 Å². The molecule has 0 aliphatic carbocycles. The van der Waals surface area contributed by atoms with Gasteiger partial charge in [-0.05, 0) is 50.2 Å². The predicted octanol–water partition coefficient (Wildman–Crippen LogP) is 2.18. The fourth-order valence-corrected chi connectivity index (χ4v) is 2.32. The number of aliphatic hydroxyl groups is 1. The van der Waals surface area contributed by atoms with E-state index in [-0.39, 0.29) is 6.61 Å². The van der Waals surface area contributed by atoms with E-state index in [1.54, 1.807) is 0 Å². The largest absolute Gasteiger partial charge is 0.491 e. The highest BCUT2D eigenvalue weighted by Gasteiger charge is 2.11. The van der Waals surface area contributed by atoms with Crippen LogP contribution in [0, 0.1) is 0 Å². The quantitative estimate of drug-likeness (QED) is 0.649. The lowest BCUT2D eigenvalue weighted by Gasteiger charge is -2.24. The summed E-state index contributed by atoms with van der Waals surface area (Å²) in [7, 11) is 0. The van der Waals surface area contributed by atoms with Gasteiger partial charge >= 0.3 is 0 Å². The standard InChI is InChI=1S/C16H26N2O2S/c1-3-9-18(10-4-2)11-14(19)12-20-15-7-5-13(6-8-15)16(17)21/h5-8,14,19H,3-4,9-12H2,1-2H3,(H2,17,21). The van der Waals surface area contributed by atoms with Crippen LogP contribution in [-0.4, -0.2) is 47.3 Å². The van der Waals surface area contributed by atoms with E-state index in [0.29, 0.717) is 17.3 Å². The Morgan fingerprint density at radius 1 is 1.24 bits per heavy atom. The molecule has 1 aromatic carbocycles. The number of thiocarbonyl (C=S) groups is 1. The van der Waals surface area contributed by atoms with Gasteiger partial charge in [0.15, 0.2) is 0 Å². The summed E-state index contributed by atoms with van der Waals surface area (Å²) in [5, 5.41) is 10.1. The molecule has 0 heterocycles. The molecule has 21 heavy (non-hydrogen) atoms. The zero-order chi connectivity index (χ0) is 15.7. The van der Waals surface area contributed by atoms with Crippen LogP contribution in [0.15, 0.2) is 24.3 Å². The van der Waals surface area contributed by atoms with Crippen molar-refractivity contribution in [3.63, 3.8) is 0 Å². The second kappa shape index (κ2) is 9.71. The van der Waals surface area contributed by atoms with E-state index in [9.17, 15) is 5.11 Å². The van der Waals surface area contributed by atoms with Crippen LogP contribution in [0.5, 0.6) is 5.75 Å². The van der Waals surface area contributed by atoms with Gasteiger partial charge in [-0.25, -0.2) is 0 Å². The van der Waals surface area contributed by atoms with Crippen LogP contribution < -0.4 is 10.5 Å². The molecule has 4 nitrogen and oxygen atoms in total. The van der Waals surface area contributed by atoms with Gasteiger partial charge in [-0.15, -0.1) is 0 Å². The zero-order valence-electron chi connectivity index (χ0n) is 12.9. The summed E-state index contributed by atoms with van der Waals surface area (Å²) in [6.45, 7) is 7.24. The normalized spacial score (nSPS) is 12.4. The second-order valence-corrected chi connectivity index (χ2v) is 5.59. The number of nitrogens with two attached hydrogens (primary N) is 1. The summed E-state index contributed by atoms with van der Waals surface area (Å²) >= 11 is 4.90. The zero-order valence-corrected chi connectivity index (χ0v) is 13.7. The average molecular weight is 310 g/mol. The second-order valence-electron chi connectivity index (χ2n) is 5.15. The van der Waals surface area contributed by atoms with E-state index in [0.717, 1.165) is 31.5 Å². The van der Waals surface area contributed by atoms with Gasteiger partial charge in [0, 0.05) is 12.1 Å². The molecule has 0 spiro atoms. The number of hydrogen-bond donors (Lipinski definition) is 2. The molecule has 1 unspecified atom stereocenters. The van der Waals surface area contributed by atoms with E-state index >= 15 is 0 Å². The molecule has 0 fully saturated rings. The molecule has 0 bridgehead atoms. The highest BCUT2D eigenvalue weighted by Crippen LogP contribution is 2.12. The van der Waals surface area contributed by atoms with E-state index in [1.807, 2.05) is 24.3 Å². The highest BCUT2D eigenvalue weighted by atomic mass is 32.1. The Balaban J connectivity index is 2.40. The maximum atomic E-state index is 10.1. The van der Waals surface area contributed by atoms with Gasteiger partial charge in [0.2, 0.25) is 0 Å². The molecule has 1 atom stereocenters. The number of hydrogen-bond acceptors (Lipinski definition) is 4. The number of benzene rings is 1. The summed E-state index contributed by atoms with van der Waals surface area (Å²) in [4.78, 5) is 2.64. The topological polar surface area (TPSA) is 58.7 Å². The maximum absolute atomic E-state index is 10.1. The van der Waals surface area contributed by atoms with Crippen LogP contribution >= 0.6 is 12.2 Å². The third-order valence-corrected chi connectivity index (χ3v) is 3.37. The molecule has 0 saturated heterocycles. The lowest BCUT2D eigenvalue weighted by Crippen LogP contribution is -2.36. The highest BCUT2D eigenvalue weighted by molar-refractivity contribution is 7.80. The minimum atomic E-state index is -0.488. The Hall–Kier alpha value is -1.17. The smallest absolute Gasteiger partial charge is 0.119 e. The van der Waals surface area contributed by atoms with Crippen molar-refractivity contribution < 1.29 is 9.84 Å². The molecule has 0 saturated carbocycles. The molecule has 1 rings (SSSR count). The molecule has 0 amide bonds. The minimum absolute atomic E-state index is 0.288. The predicted molar refractivity (Wildman–Crippen MR) is 90.9 cm³/mol. The molecule has 1 aromatic rings. The molecule has 5 heteroatoms. The van der Waals surface area contributed by atoms with Crippen LogP contribution in [0.25, 0.3) is 0 Å². The Morgan fingerprint density at radius 2 is 1.81 bits per heavy atom. The van der Waals surface area contributed by atoms with Crippen LogP contribution in [0.2, 0.25) is 0 Å². The van der Waals surface area contributed by atoms with Crippen molar-refractivity contribution in [3.8, 4) is 5.75 Å². The molecular formula is C16H26N2O2S. The molecule has 118 valence electrons. The lowest BCUT2D eigenvalue weighted by atomic mass is 10.2. The van der Waals surface area contributed by atoms with Crippen LogP contribution in [0.3, 0.4) is 0 Å². The number of nitrogens with zero attached hydrogens (tertiary/aromatic N) is 1. The van der Waals surface area contributed by atoms with Gasteiger partial charge in [-0.2, -0.15) is 0 Å². The van der Waals surface area contributed by atoms with Crippen molar-refractivity contribution in [1.29, 1.82) is 0 Å². The van der Waals surface area contributed by atoms with Gasteiger partial charge in [0.05, 0.1) is 0 Å². The van der Waals surface area contributed by atoms with E-state index in [1.165, 1.54) is 0 Å². The SMILES string of the molecule is CCCN(CCC)CC(O)COc1ccc(C(N)=S)cc1. The van der Waals surface area contributed by atoms with Gasteiger partial charge in [-0.1, -0.05) is 26.1 Å². The molecule has 0 radical (unpaired) electrons. The monoisotopic (exact) mass is 310 g/mol. The third kappa shape index (κ3) is 6.89. The van der Waals surface area contributed by atoms with E-state index < -0.39 is 6.10 Å². The summed E-state index contributed by atoms with van der Waals surface area (Å²) in [5.41, 5.74) is 6.36. The summed E-state index contributed by atoms with van der Waals surface area (Å²) in [6, 6.07) is 7.28. The fourth-order valence-electron chi connectivity index (χ4n) is 2.19. The Kier molecular flexibility index (Phi) is 8.27. The lowest BCUT2D eigenvalue weighted by molar-refractivity contribution is 0.0681. The summed E-state index contributed by atoms with van der Waals surface area (Å²) in [6.07, 6.45) is 1.69. The molecule has 0 aromatic heterocycles. The minimum Gasteiger partial charge on any atom is -0.491 e. The molecular weight excluding hydrogens is 284 g/mol. The molecule has 0 aliphatic rings. The fraction of sp³-hybridized carbons (Fsp3) is 0.562. The first-order chi connectivity index (χ1) is 10.1. The number of ether oxygens (including phenoxy) is 1. The summed E-state index contributed by atoms with van der Waals surface area (Å²) < 4.78 is 5.60. The van der Waals surface area contributed by atoms with E-state index in [2.05, 4.69) is 18.7 Å². The Morgan fingerprint density at radius 3 is 2.29 bits per heavy atom. The number of aliphatic hydroxyl groups excluding tert-OH is 1. The van der Waals surface area contributed by atoms with Crippen molar-refractivity contribution in [1.82, 2.24) is 4.90 Å². The Labute approximate surface area is 132 Å². The summed E-state index contributed by atoms with van der Waals surface area (Å²) in [5.74, 6) is 0.714. The van der Waals surface area contributed by atoms with Gasteiger partial charge in [0.25, 0.3) is 0 Å². The van der Waals surface area contributed by atoms with Crippen LogP contribution in [-0.2, 0) is 0 Å². The van der Waals surface area contributed by atoms with Crippen LogP contribution in [0.1, 0.15) is 32.3 Å². The average Bonchev–Trinajstić information content (AvgIpc) is 2.46. The van der Waals surface area contributed by atoms with Crippen molar-refractivity contribution in [2.24, 2.45) is 5.73 Å². The third-order valence-electron chi connectivity index (χ3n) is 3.13. The first-order valence-corrected chi connectivity index (χ1v) is 7.90. The van der Waals surface area contributed by atoms with Gasteiger partial charge in [0.1, 0.15) is 23.4 Å². The van der Waals surface area contributed by atoms with Gasteiger partial charge in [-0.3, -0.25) is 0 Å².